The Bertz CT molecular complexity index is 485. The number of ether oxygens (including phenoxy) is 1. The van der Waals surface area contributed by atoms with Crippen molar-refractivity contribution in [1.82, 2.24) is 9.97 Å². The molecule has 0 saturated carbocycles. The van der Waals surface area contributed by atoms with E-state index >= 15 is 0 Å². The van der Waals surface area contributed by atoms with Crippen LogP contribution in [0.25, 0.3) is 0 Å². The summed E-state index contributed by atoms with van der Waals surface area (Å²) in [6.45, 7) is -0.251. The molecule has 0 fully saturated rings. The predicted octanol–water partition coefficient (Wildman–Crippen LogP) is 1.25. The van der Waals surface area contributed by atoms with E-state index in [2.05, 4.69) is 9.97 Å². The number of hydrogen-bond donors (Lipinski definition) is 2. The lowest BCUT2D eigenvalue weighted by Crippen LogP contribution is -1.96. The van der Waals surface area contributed by atoms with Gasteiger partial charge in [-0.15, -0.1) is 0 Å². The fraction of sp³-hybridized carbons (Fsp3) is 0.167. The molecule has 0 bridgehead atoms. The Labute approximate surface area is 98.4 Å². The van der Waals surface area contributed by atoms with E-state index in [4.69, 9.17) is 14.9 Å². The van der Waals surface area contributed by atoms with Crippen molar-refractivity contribution in [2.45, 2.75) is 13.2 Å². The number of benzene rings is 1. The van der Waals surface area contributed by atoms with Gasteiger partial charge in [0.25, 0.3) is 0 Å². The van der Waals surface area contributed by atoms with Gasteiger partial charge in [0.1, 0.15) is 5.75 Å². The van der Waals surface area contributed by atoms with Crippen molar-refractivity contribution in [2.24, 2.45) is 0 Å². The van der Waals surface area contributed by atoms with Gasteiger partial charge in [0.05, 0.1) is 31.3 Å². The Morgan fingerprint density at radius 3 is 2.47 bits per heavy atom. The van der Waals surface area contributed by atoms with E-state index < -0.39 is 0 Å². The largest absolute Gasteiger partial charge is 0.437 e. The minimum Gasteiger partial charge on any atom is -0.437 e. The van der Waals surface area contributed by atoms with E-state index in [1.807, 2.05) is 12.1 Å². The van der Waals surface area contributed by atoms with Gasteiger partial charge in [-0.3, -0.25) is 4.98 Å². The summed E-state index contributed by atoms with van der Waals surface area (Å²) < 4.78 is 5.48. The van der Waals surface area contributed by atoms with Crippen molar-refractivity contribution in [1.29, 1.82) is 0 Å². The van der Waals surface area contributed by atoms with Gasteiger partial charge in [-0.2, -0.15) is 0 Å². The standard InChI is InChI=1S/C12H12N2O3/c15-7-9-3-1-2-4-11(9)17-12-6-13-10(8-16)5-14-12/h1-6,15-16H,7-8H2. The van der Waals surface area contributed by atoms with E-state index in [9.17, 15) is 0 Å². The predicted molar refractivity (Wildman–Crippen MR) is 60.4 cm³/mol. The Kier molecular flexibility index (Phi) is 3.64. The molecule has 5 nitrogen and oxygen atoms in total. The first-order valence-electron chi connectivity index (χ1n) is 5.12. The average Bonchev–Trinajstić information content (AvgIpc) is 2.40. The van der Waals surface area contributed by atoms with E-state index in [0.29, 0.717) is 22.9 Å². The third kappa shape index (κ3) is 2.77. The van der Waals surface area contributed by atoms with Crippen LogP contribution in [-0.4, -0.2) is 20.2 Å². The SMILES string of the molecule is OCc1cnc(Oc2ccccc2CO)cn1. The van der Waals surface area contributed by atoms with Crippen molar-refractivity contribution in [3.05, 3.63) is 47.9 Å². The van der Waals surface area contributed by atoms with Gasteiger partial charge in [-0.1, -0.05) is 18.2 Å². The van der Waals surface area contributed by atoms with Crippen LogP contribution >= 0.6 is 0 Å². The summed E-state index contributed by atoms with van der Waals surface area (Å²) in [5.74, 6) is 0.865. The zero-order chi connectivity index (χ0) is 12.1. The maximum Gasteiger partial charge on any atom is 0.237 e. The first kappa shape index (κ1) is 11.5. The maximum absolute atomic E-state index is 9.13. The van der Waals surface area contributed by atoms with Gasteiger partial charge in [-0.05, 0) is 6.07 Å². The highest BCUT2D eigenvalue weighted by Crippen LogP contribution is 2.23. The Hall–Kier alpha value is -1.98. The molecule has 1 aromatic heterocycles. The van der Waals surface area contributed by atoms with Crippen molar-refractivity contribution in [3.63, 3.8) is 0 Å². The molecule has 0 unspecified atom stereocenters. The second-order valence-electron chi connectivity index (χ2n) is 3.37. The van der Waals surface area contributed by atoms with Gasteiger partial charge < -0.3 is 14.9 Å². The number of rotatable bonds is 4. The molecule has 0 aliphatic rings. The Morgan fingerprint density at radius 1 is 1.00 bits per heavy atom. The van der Waals surface area contributed by atoms with Crippen LogP contribution in [0.5, 0.6) is 11.6 Å². The third-order valence-electron chi connectivity index (χ3n) is 2.20. The molecule has 2 rings (SSSR count). The summed E-state index contributed by atoms with van der Waals surface area (Å²) in [4.78, 5) is 7.94. The third-order valence-corrected chi connectivity index (χ3v) is 2.20. The molecule has 0 radical (unpaired) electrons. The smallest absolute Gasteiger partial charge is 0.237 e. The van der Waals surface area contributed by atoms with Gasteiger partial charge in [0.2, 0.25) is 5.88 Å². The topological polar surface area (TPSA) is 75.5 Å². The van der Waals surface area contributed by atoms with E-state index in [1.54, 1.807) is 12.1 Å². The minimum absolute atomic E-state index is 0.0989. The molecule has 17 heavy (non-hydrogen) atoms. The van der Waals surface area contributed by atoms with Crippen LogP contribution in [0.1, 0.15) is 11.3 Å². The summed E-state index contributed by atoms with van der Waals surface area (Å²) in [5.41, 5.74) is 1.16. The number of hydrogen-bond acceptors (Lipinski definition) is 5. The van der Waals surface area contributed by atoms with E-state index in [0.717, 1.165) is 0 Å². The molecule has 0 aliphatic heterocycles. The molecular weight excluding hydrogens is 220 g/mol. The molecule has 0 atom stereocenters. The molecule has 5 heteroatoms. The minimum atomic E-state index is -0.152. The second-order valence-corrected chi connectivity index (χ2v) is 3.37. The van der Waals surface area contributed by atoms with Gasteiger partial charge >= 0.3 is 0 Å². The molecule has 0 spiro atoms. The fourth-order valence-electron chi connectivity index (χ4n) is 1.32. The van der Waals surface area contributed by atoms with Crippen LogP contribution in [0.3, 0.4) is 0 Å². The van der Waals surface area contributed by atoms with E-state index in [-0.39, 0.29) is 13.2 Å². The number of aliphatic hydroxyl groups is 2. The monoisotopic (exact) mass is 232 g/mol. The van der Waals surface area contributed by atoms with Crippen LogP contribution in [0.15, 0.2) is 36.7 Å². The lowest BCUT2D eigenvalue weighted by atomic mass is 10.2. The Balaban J connectivity index is 2.19. The average molecular weight is 232 g/mol. The fourth-order valence-corrected chi connectivity index (χ4v) is 1.32. The Morgan fingerprint density at radius 2 is 1.82 bits per heavy atom. The number of nitrogens with zero attached hydrogens (tertiary/aromatic N) is 2. The van der Waals surface area contributed by atoms with Crippen LogP contribution in [0.2, 0.25) is 0 Å². The molecule has 2 N–H and O–H groups in total. The molecule has 1 aromatic carbocycles. The maximum atomic E-state index is 9.13. The number of aliphatic hydroxyl groups excluding tert-OH is 2. The van der Waals surface area contributed by atoms with Crippen molar-refractivity contribution in [2.75, 3.05) is 0 Å². The quantitative estimate of drug-likeness (QED) is 0.829. The highest BCUT2D eigenvalue weighted by molar-refractivity contribution is 5.35. The molecule has 1 heterocycles. The summed E-state index contributed by atoms with van der Waals surface area (Å²) >= 11 is 0. The van der Waals surface area contributed by atoms with E-state index in [1.165, 1.54) is 12.4 Å². The lowest BCUT2D eigenvalue weighted by Gasteiger charge is -2.08. The van der Waals surface area contributed by atoms with Crippen LogP contribution in [-0.2, 0) is 13.2 Å². The van der Waals surface area contributed by atoms with Crippen LogP contribution in [0, 0.1) is 0 Å². The van der Waals surface area contributed by atoms with Crippen molar-refractivity contribution >= 4 is 0 Å². The second kappa shape index (κ2) is 5.38. The van der Waals surface area contributed by atoms with Crippen molar-refractivity contribution in [3.8, 4) is 11.6 Å². The van der Waals surface area contributed by atoms with Gasteiger partial charge in [0.15, 0.2) is 0 Å². The number of para-hydroxylation sites is 1. The first-order chi connectivity index (χ1) is 8.33. The molecule has 2 aromatic rings. The first-order valence-corrected chi connectivity index (χ1v) is 5.12. The molecule has 88 valence electrons. The normalized spacial score (nSPS) is 10.2. The highest BCUT2D eigenvalue weighted by Gasteiger charge is 2.04. The van der Waals surface area contributed by atoms with Gasteiger partial charge in [0, 0.05) is 5.56 Å². The number of aromatic nitrogens is 2. The highest BCUT2D eigenvalue weighted by atomic mass is 16.5. The molecule has 0 aliphatic carbocycles. The van der Waals surface area contributed by atoms with Gasteiger partial charge in [-0.25, -0.2) is 4.98 Å². The lowest BCUT2D eigenvalue weighted by molar-refractivity contribution is 0.274. The van der Waals surface area contributed by atoms with Crippen LogP contribution < -0.4 is 4.74 Å². The van der Waals surface area contributed by atoms with Crippen molar-refractivity contribution < 1.29 is 14.9 Å². The summed E-state index contributed by atoms with van der Waals surface area (Å²) in [5, 5.41) is 18.0. The summed E-state index contributed by atoms with van der Waals surface area (Å²) in [7, 11) is 0. The molecule has 0 saturated heterocycles. The summed E-state index contributed by atoms with van der Waals surface area (Å²) in [6, 6.07) is 7.14. The zero-order valence-corrected chi connectivity index (χ0v) is 9.08. The zero-order valence-electron chi connectivity index (χ0n) is 9.08. The summed E-state index contributed by atoms with van der Waals surface area (Å²) in [6.07, 6.45) is 2.87. The van der Waals surface area contributed by atoms with Crippen LogP contribution in [0.4, 0.5) is 0 Å². The molecule has 0 amide bonds. The molecular formula is C12H12N2O3.